The number of pyridine rings is 1. The van der Waals surface area contributed by atoms with Gasteiger partial charge in [-0.05, 0) is 24.1 Å². The van der Waals surface area contributed by atoms with Crippen LogP contribution < -0.4 is 26.8 Å². The minimum atomic E-state index is -0.754. The molecule has 1 unspecified atom stereocenters. The summed E-state index contributed by atoms with van der Waals surface area (Å²) in [6.07, 6.45) is 5.81. The van der Waals surface area contributed by atoms with Gasteiger partial charge in [-0.15, -0.1) is 0 Å². The first-order valence-corrected chi connectivity index (χ1v) is 9.91. The van der Waals surface area contributed by atoms with Crippen molar-refractivity contribution in [1.82, 2.24) is 10.3 Å². The van der Waals surface area contributed by atoms with Gasteiger partial charge < -0.3 is 21.5 Å². The summed E-state index contributed by atoms with van der Waals surface area (Å²) in [5, 5.41) is 23.7. The zero-order valence-electron chi connectivity index (χ0n) is 17.1. The highest BCUT2D eigenvalue weighted by Gasteiger charge is 2.30. The van der Waals surface area contributed by atoms with E-state index in [4.69, 9.17) is 21.5 Å². The van der Waals surface area contributed by atoms with Crippen LogP contribution in [0, 0.1) is 28.6 Å². The van der Waals surface area contributed by atoms with Crippen molar-refractivity contribution in [3.05, 3.63) is 40.7 Å². The van der Waals surface area contributed by atoms with Gasteiger partial charge in [-0.2, -0.15) is 10.5 Å². The molecular weight excluding hydrogens is 399 g/mol. The third-order valence-electron chi connectivity index (χ3n) is 4.88. The second-order valence-electron chi connectivity index (χ2n) is 7.00. The molecule has 0 saturated carbocycles. The predicted octanol–water partition coefficient (Wildman–Crippen LogP) is 3.16. The molecule has 1 aliphatic rings. The molecule has 1 aromatic carbocycles. The number of hydrogen-bond acceptors (Lipinski definition) is 9. The highest BCUT2D eigenvalue weighted by molar-refractivity contribution is 5.98. The fourth-order valence-electron chi connectivity index (χ4n) is 3.33. The van der Waals surface area contributed by atoms with Gasteiger partial charge >= 0.3 is 0 Å². The topological polar surface area (TPSA) is 158 Å². The number of rotatable bonds is 7. The van der Waals surface area contributed by atoms with E-state index in [1.54, 1.807) is 18.3 Å². The summed E-state index contributed by atoms with van der Waals surface area (Å²) in [4.78, 5) is 8.66. The molecule has 31 heavy (non-hydrogen) atoms. The van der Waals surface area contributed by atoms with Crippen LogP contribution in [0.25, 0.3) is 0 Å². The van der Waals surface area contributed by atoms with Gasteiger partial charge in [0, 0.05) is 5.56 Å². The first-order valence-electron chi connectivity index (χ1n) is 9.91. The zero-order chi connectivity index (χ0) is 22.4. The Balaban J connectivity index is 2.01. The molecule has 1 aromatic heterocycles. The maximum atomic E-state index is 14.3. The molecule has 0 fully saturated rings. The first kappa shape index (κ1) is 21.7. The molecule has 160 valence electrons. The number of aliphatic imine (C=N–C) groups is 1. The highest BCUT2D eigenvalue weighted by atomic mass is 19.1. The van der Waals surface area contributed by atoms with Gasteiger partial charge in [-0.25, -0.2) is 14.4 Å². The molecule has 10 heteroatoms. The average Bonchev–Trinajstić information content (AvgIpc) is 2.74. The van der Waals surface area contributed by atoms with Crippen LogP contribution in [-0.4, -0.2) is 17.6 Å². The number of nitrogens with zero attached hydrogens (tertiary/aromatic N) is 4. The van der Waals surface area contributed by atoms with Crippen LogP contribution in [0.1, 0.15) is 55.3 Å². The van der Waals surface area contributed by atoms with E-state index in [-0.39, 0.29) is 34.6 Å². The number of nitriles is 2. The minimum absolute atomic E-state index is 0.0342. The van der Waals surface area contributed by atoms with Gasteiger partial charge in [-0.1, -0.05) is 32.3 Å². The lowest BCUT2D eigenvalue weighted by atomic mass is 9.95. The highest BCUT2D eigenvalue weighted by Crippen LogP contribution is 2.41. The molecule has 0 aliphatic carbocycles. The van der Waals surface area contributed by atoms with Crippen molar-refractivity contribution in [2.24, 2.45) is 4.99 Å². The number of nitrogens with one attached hydrogen (secondary N) is 2. The number of nitrogens with two attached hydrogens (primary N) is 2. The molecule has 9 nitrogen and oxygen atoms in total. The SMILES string of the molecule is CCCCCCOc1cc(C2N=C(NC#N)Nc3nc(N)c(C#N)c(N)c32)ccc1F. The molecule has 0 bridgehead atoms. The van der Waals surface area contributed by atoms with Crippen molar-refractivity contribution in [2.75, 3.05) is 23.4 Å². The van der Waals surface area contributed by atoms with E-state index >= 15 is 0 Å². The number of benzene rings is 1. The number of anilines is 3. The van der Waals surface area contributed by atoms with E-state index in [0.717, 1.165) is 25.7 Å². The van der Waals surface area contributed by atoms with Crippen molar-refractivity contribution in [2.45, 2.75) is 38.6 Å². The molecule has 0 radical (unpaired) electrons. The monoisotopic (exact) mass is 422 g/mol. The standard InChI is InChI=1S/C21H23FN8O/c1-2-3-4-5-8-31-15-9-12(6-7-14(15)22)18-16-17(25)13(10-23)19(26)29-20(16)30-21(28-18)27-11-24/h6-7,9,18H,2-5,8H2,1H3,(H6,25,26,27,28,29,30). The Morgan fingerprint density at radius 2 is 2.06 bits per heavy atom. The number of ether oxygens (including phenoxy) is 1. The molecule has 0 amide bonds. The van der Waals surface area contributed by atoms with Crippen LogP contribution >= 0.6 is 0 Å². The number of fused-ring (bicyclic) bond motifs is 1. The Labute approximate surface area is 179 Å². The Bertz CT molecular complexity index is 1090. The largest absolute Gasteiger partial charge is 0.491 e. The lowest BCUT2D eigenvalue weighted by Gasteiger charge is -2.26. The van der Waals surface area contributed by atoms with Crippen molar-refractivity contribution < 1.29 is 9.13 Å². The minimum Gasteiger partial charge on any atom is -0.491 e. The quantitative estimate of drug-likeness (QED) is 0.301. The Morgan fingerprint density at radius 3 is 2.77 bits per heavy atom. The molecular formula is C21H23FN8O. The summed E-state index contributed by atoms with van der Waals surface area (Å²) in [6.45, 7) is 2.51. The lowest BCUT2D eigenvalue weighted by Crippen LogP contribution is -2.32. The summed E-state index contributed by atoms with van der Waals surface area (Å²) >= 11 is 0. The predicted molar refractivity (Wildman–Crippen MR) is 115 cm³/mol. The molecule has 0 spiro atoms. The van der Waals surface area contributed by atoms with Gasteiger partial charge in [0.15, 0.2) is 17.8 Å². The number of unbranched alkanes of at least 4 members (excludes halogenated alkanes) is 3. The third kappa shape index (κ3) is 4.59. The summed E-state index contributed by atoms with van der Waals surface area (Å²) in [5.74, 6) is -0.0469. The van der Waals surface area contributed by atoms with Crippen LogP contribution in [0.15, 0.2) is 23.2 Å². The third-order valence-corrected chi connectivity index (χ3v) is 4.88. The van der Waals surface area contributed by atoms with Crippen LogP contribution in [0.2, 0.25) is 0 Å². The number of aromatic nitrogens is 1. The van der Waals surface area contributed by atoms with E-state index in [0.29, 0.717) is 17.7 Å². The Hall–Kier alpha value is -4.05. The summed E-state index contributed by atoms with van der Waals surface area (Å²) in [6, 6.07) is 5.58. The van der Waals surface area contributed by atoms with Gasteiger partial charge in [0.1, 0.15) is 29.3 Å². The van der Waals surface area contributed by atoms with Crippen molar-refractivity contribution >= 4 is 23.3 Å². The van der Waals surface area contributed by atoms with Crippen LogP contribution in [0.4, 0.5) is 21.7 Å². The summed E-state index contributed by atoms with van der Waals surface area (Å²) in [5.41, 5.74) is 13.2. The summed E-state index contributed by atoms with van der Waals surface area (Å²) in [7, 11) is 0. The fraction of sp³-hybridized carbons (Fsp3) is 0.333. The molecule has 2 heterocycles. The molecule has 3 rings (SSSR count). The van der Waals surface area contributed by atoms with E-state index in [1.165, 1.54) is 6.07 Å². The molecule has 0 saturated heterocycles. The summed E-state index contributed by atoms with van der Waals surface area (Å²) < 4.78 is 20.0. The molecule has 1 aliphatic heterocycles. The lowest BCUT2D eigenvalue weighted by molar-refractivity contribution is 0.290. The van der Waals surface area contributed by atoms with E-state index in [9.17, 15) is 9.65 Å². The Kier molecular flexibility index (Phi) is 6.73. The number of guanidine groups is 1. The van der Waals surface area contributed by atoms with Crippen molar-refractivity contribution in [3.8, 4) is 18.0 Å². The number of nitrogen functional groups attached to an aromatic ring is 2. The average molecular weight is 422 g/mol. The van der Waals surface area contributed by atoms with Crippen molar-refractivity contribution in [3.63, 3.8) is 0 Å². The number of hydrogen-bond donors (Lipinski definition) is 4. The zero-order valence-corrected chi connectivity index (χ0v) is 17.1. The molecule has 2 aromatic rings. The number of halogens is 1. The van der Waals surface area contributed by atoms with Gasteiger partial charge in [0.05, 0.1) is 12.3 Å². The van der Waals surface area contributed by atoms with Crippen LogP contribution in [0.3, 0.4) is 0 Å². The van der Waals surface area contributed by atoms with E-state index < -0.39 is 11.9 Å². The van der Waals surface area contributed by atoms with Crippen molar-refractivity contribution in [1.29, 1.82) is 10.5 Å². The smallest absolute Gasteiger partial charge is 0.211 e. The van der Waals surface area contributed by atoms with E-state index in [2.05, 4.69) is 27.5 Å². The maximum Gasteiger partial charge on any atom is 0.211 e. The van der Waals surface area contributed by atoms with E-state index in [1.807, 2.05) is 6.07 Å². The molecule has 1 atom stereocenters. The van der Waals surface area contributed by atoms with Crippen LogP contribution in [-0.2, 0) is 0 Å². The van der Waals surface area contributed by atoms with Gasteiger partial charge in [0.25, 0.3) is 0 Å². The normalized spacial score (nSPS) is 14.5. The fourth-order valence-corrected chi connectivity index (χ4v) is 3.33. The van der Waals surface area contributed by atoms with Gasteiger partial charge in [0.2, 0.25) is 5.96 Å². The second-order valence-corrected chi connectivity index (χ2v) is 7.00. The second kappa shape index (κ2) is 9.63. The molecule has 6 N–H and O–H groups in total. The first-order chi connectivity index (χ1) is 15.0. The van der Waals surface area contributed by atoms with Crippen LogP contribution in [0.5, 0.6) is 5.75 Å². The maximum absolute atomic E-state index is 14.3. The van der Waals surface area contributed by atoms with Gasteiger partial charge in [-0.3, -0.25) is 5.32 Å². The Morgan fingerprint density at radius 1 is 1.26 bits per heavy atom.